The van der Waals surface area contributed by atoms with Gasteiger partial charge in [-0.1, -0.05) is 29.8 Å². The summed E-state index contributed by atoms with van der Waals surface area (Å²) < 4.78 is 6.55. The summed E-state index contributed by atoms with van der Waals surface area (Å²) in [6, 6.07) is 9.48. The number of amides is 1. The van der Waals surface area contributed by atoms with E-state index in [9.17, 15) is 4.79 Å². The van der Waals surface area contributed by atoms with Gasteiger partial charge in [0, 0.05) is 22.8 Å². The topological polar surface area (TPSA) is 67.2 Å². The first kappa shape index (κ1) is 18.5. The van der Waals surface area contributed by atoms with Crippen molar-refractivity contribution in [1.29, 1.82) is 0 Å². The molecule has 2 N–H and O–H groups in total. The summed E-state index contributed by atoms with van der Waals surface area (Å²) in [5.74, 6) is 0.944. The fraction of sp³-hybridized carbons (Fsp3) is 0.300. The maximum atomic E-state index is 12.4. The molecule has 0 fully saturated rings. The Bertz CT molecular complexity index is 934. The molecule has 3 aromatic rings. The van der Waals surface area contributed by atoms with Gasteiger partial charge in [0.25, 0.3) is 5.91 Å². The van der Waals surface area contributed by atoms with Crippen molar-refractivity contribution < 1.29 is 9.21 Å². The van der Waals surface area contributed by atoms with Crippen molar-refractivity contribution in [2.24, 2.45) is 5.92 Å². The number of aryl methyl sites for hydroxylation is 1. The van der Waals surface area contributed by atoms with Crippen LogP contribution in [0.5, 0.6) is 0 Å². The number of benzene rings is 1. The van der Waals surface area contributed by atoms with Gasteiger partial charge in [0.05, 0.1) is 11.6 Å². The largest absolute Gasteiger partial charge is 0.464 e. The van der Waals surface area contributed by atoms with E-state index in [0.717, 1.165) is 27.5 Å². The Hall–Kier alpha value is -2.34. The Balaban J connectivity index is 1.88. The molecule has 0 aliphatic carbocycles. The molecular weight excluding hydrogens is 394 g/mol. The Morgan fingerprint density at radius 3 is 2.81 bits per heavy atom. The fourth-order valence-electron chi connectivity index (χ4n) is 2.60. The fourth-order valence-corrected chi connectivity index (χ4v) is 2.85. The molecule has 1 aromatic carbocycles. The van der Waals surface area contributed by atoms with E-state index in [4.69, 9.17) is 4.42 Å². The normalized spacial score (nSPS) is 11.1. The maximum Gasteiger partial charge on any atom is 0.270 e. The molecule has 0 atom stereocenters. The number of rotatable bonds is 6. The zero-order chi connectivity index (χ0) is 18.7. The predicted molar refractivity (Wildman–Crippen MR) is 108 cm³/mol. The molecule has 2 heterocycles. The van der Waals surface area contributed by atoms with Crippen molar-refractivity contribution in [3.8, 4) is 0 Å². The summed E-state index contributed by atoms with van der Waals surface area (Å²) in [6.45, 7) is 6.90. The first-order valence-electron chi connectivity index (χ1n) is 8.63. The molecule has 2 aromatic heterocycles. The van der Waals surface area contributed by atoms with Crippen LogP contribution in [0.25, 0.3) is 11.0 Å². The number of hydrogen-bond acceptors (Lipinski definition) is 4. The van der Waals surface area contributed by atoms with Crippen LogP contribution in [0, 0.1) is 12.8 Å². The molecule has 3 rings (SSSR count). The van der Waals surface area contributed by atoms with Gasteiger partial charge in [-0.15, -0.1) is 0 Å². The molecule has 0 saturated heterocycles. The number of carbonyl (C=O) groups excluding carboxylic acids is 1. The number of carbonyl (C=O) groups is 1. The minimum absolute atomic E-state index is 0.195. The van der Waals surface area contributed by atoms with Crippen molar-refractivity contribution in [1.82, 2.24) is 10.3 Å². The Labute approximate surface area is 161 Å². The summed E-state index contributed by atoms with van der Waals surface area (Å²) in [6.07, 6.45) is 2.53. The standard InChI is InChI=1S/C20H22BrN3O2/c1-12(2)6-8-22-20(25)17-11-18-15(7-9-26-18)19(24-17)23-14-4-5-16(21)13(3)10-14/h4-5,7,9-12H,6,8H2,1-3H3,(H,22,25)(H,23,24). The number of nitrogens with one attached hydrogen (secondary N) is 2. The van der Waals surface area contributed by atoms with E-state index in [-0.39, 0.29) is 5.91 Å². The van der Waals surface area contributed by atoms with E-state index in [0.29, 0.717) is 29.6 Å². The van der Waals surface area contributed by atoms with Crippen molar-refractivity contribution in [3.05, 3.63) is 52.3 Å². The van der Waals surface area contributed by atoms with Crippen molar-refractivity contribution in [2.75, 3.05) is 11.9 Å². The Morgan fingerprint density at radius 1 is 1.27 bits per heavy atom. The van der Waals surface area contributed by atoms with Gasteiger partial charge in [0.2, 0.25) is 0 Å². The lowest BCUT2D eigenvalue weighted by atomic mass is 10.1. The molecule has 0 unspecified atom stereocenters. The smallest absolute Gasteiger partial charge is 0.270 e. The first-order valence-corrected chi connectivity index (χ1v) is 9.43. The molecule has 1 amide bonds. The summed E-state index contributed by atoms with van der Waals surface area (Å²) in [5, 5.41) is 7.05. The highest BCUT2D eigenvalue weighted by atomic mass is 79.9. The quantitative estimate of drug-likeness (QED) is 0.563. The van der Waals surface area contributed by atoms with E-state index >= 15 is 0 Å². The average molecular weight is 416 g/mol. The van der Waals surface area contributed by atoms with Gasteiger partial charge in [-0.25, -0.2) is 4.98 Å². The predicted octanol–water partition coefficient (Wildman–Crippen LogP) is 5.42. The second-order valence-corrected chi connectivity index (χ2v) is 7.57. The minimum Gasteiger partial charge on any atom is -0.464 e. The highest BCUT2D eigenvalue weighted by Gasteiger charge is 2.14. The van der Waals surface area contributed by atoms with E-state index in [1.54, 1.807) is 12.3 Å². The van der Waals surface area contributed by atoms with Crippen LogP contribution in [-0.4, -0.2) is 17.4 Å². The number of aromatic nitrogens is 1. The number of pyridine rings is 1. The van der Waals surface area contributed by atoms with Gasteiger partial charge in [0.15, 0.2) is 0 Å². The summed E-state index contributed by atoms with van der Waals surface area (Å²) in [7, 11) is 0. The molecule has 6 heteroatoms. The van der Waals surface area contributed by atoms with Crippen LogP contribution in [0.1, 0.15) is 36.3 Å². The van der Waals surface area contributed by atoms with E-state index in [2.05, 4.69) is 45.4 Å². The van der Waals surface area contributed by atoms with Crippen molar-refractivity contribution in [3.63, 3.8) is 0 Å². The first-order chi connectivity index (χ1) is 12.4. The molecule has 0 aliphatic rings. The second-order valence-electron chi connectivity index (χ2n) is 6.72. The highest BCUT2D eigenvalue weighted by Crippen LogP contribution is 2.28. The van der Waals surface area contributed by atoms with Crippen molar-refractivity contribution >= 4 is 44.3 Å². The third-order valence-corrected chi connectivity index (χ3v) is 5.00. The van der Waals surface area contributed by atoms with Crippen LogP contribution >= 0.6 is 15.9 Å². The van der Waals surface area contributed by atoms with Gasteiger partial charge in [-0.05, 0) is 49.1 Å². The van der Waals surface area contributed by atoms with E-state index in [1.807, 2.05) is 31.2 Å². The van der Waals surface area contributed by atoms with E-state index in [1.165, 1.54) is 0 Å². The van der Waals surface area contributed by atoms with Gasteiger partial charge in [-0.2, -0.15) is 0 Å². The zero-order valence-corrected chi connectivity index (χ0v) is 16.7. The molecular formula is C20H22BrN3O2. The van der Waals surface area contributed by atoms with Gasteiger partial charge < -0.3 is 15.1 Å². The molecule has 0 saturated carbocycles. The number of nitrogens with zero attached hydrogens (tertiary/aromatic N) is 1. The average Bonchev–Trinajstić information content (AvgIpc) is 3.06. The molecule has 0 aliphatic heterocycles. The van der Waals surface area contributed by atoms with Gasteiger partial charge in [0.1, 0.15) is 17.1 Å². The Morgan fingerprint density at radius 2 is 2.08 bits per heavy atom. The molecule has 0 bridgehead atoms. The third-order valence-electron chi connectivity index (χ3n) is 4.11. The SMILES string of the molecule is Cc1cc(Nc2nc(C(=O)NCCC(C)C)cc3occc23)ccc1Br. The van der Waals surface area contributed by atoms with E-state index < -0.39 is 0 Å². The van der Waals surface area contributed by atoms with Crippen LogP contribution < -0.4 is 10.6 Å². The molecule has 5 nitrogen and oxygen atoms in total. The lowest BCUT2D eigenvalue weighted by Crippen LogP contribution is -2.26. The molecule has 0 radical (unpaired) electrons. The number of halogens is 1. The lowest BCUT2D eigenvalue weighted by Gasteiger charge is -2.11. The monoisotopic (exact) mass is 415 g/mol. The summed E-state index contributed by atoms with van der Waals surface area (Å²) >= 11 is 3.50. The molecule has 136 valence electrons. The van der Waals surface area contributed by atoms with Gasteiger partial charge >= 0.3 is 0 Å². The summed E-state index contributed by atoms with van der Waals surface area (Å²) in [5.41, 5.74) is 2.98. The highest BCUT2D eigenvalue weighted by molar-refractivity contribution is 9.10. The van der Waals surface area contributed by atoms with Gasteiger partial charge in [-0.3, -0.25) is 4.79 Å². The van der Waals surface area contributed by atoms with Crippen LogP contribution in [0.4, 0.5) is 11.5 Å². The molecule has 0 spiro atoms. The second kappa shape index (κ2) is 7.91. The lowest BCUT2D eigenvalue weighted by molar-refractivity contribution is 0.0947. The number of furan rings is 1. The Kier molecular flexibility index (Phi) is 5.61. The summed E-state index contributed by atoms with van der Waals surface area (Å²) in [4.78, 5) is 17.0. The molecule has 26 heavy (non-hydrogen) atoms. The minimum atomic E-state index is -0.195. The number of anilines is 2. The zero-order valence-electron chi connectivity index (χ0n) is 15.1. The van der Waals surface area contributed by atoms with Crippen molar-refractivity contribution in [2.45, 2.75) is 27.2 Å². The van der Waals surface area contributed by atoms with Crippen LogP contribution in [0.15, 0.2) is 45.5 Å². The number of fused-ring (bicyclic) bond motifs is 1. The maximum absolute atomic E-state index is 12.4. The van der Waals surface area contributed by atoms with Crippen LogP contribution in [-0.2, 0) is 0 Å². The third kappa shape index (κ3) is 4.25. The van der Waals surface area contributed by atoms with Crippen LogP contribution in [0.3, 0.4) is 0 Å². The van der Waals surface area contributed by atoms with Crippen LogP contribution in [0.2, 0.25) is 0 Å². The number of hydrogen-bond donors (Lipinski definition) is 2.